The summed E-state index contributed by atoms with van der Waals surface area (Å²) in [6, 6.07) is 6.14. The standard InChI is InChI=1S/C13H13BrN4S/c1-3-9-11(7-18(2)17-9)16-13-15-10-6-8(14)4-5-12(10)19-13/h4-7H,3H2,1-2H3,(H,15,16). The Labute approximate surface area is 123 Å². The predicted octanol–water partition coefficient (Wildman–Crippen LogP) is 4.10. The highest BCUT2D eigenvalue weighted by molar-refractivity contribution is 9.10. The van der Waals surface area contributed by atoms with Gasteiger partial charge < -0.3 is 5.32 Å². The first-order chi connectivity index (χ1) is 9.15. The molecule has 2 aromatic heterocycles. The van der Waals surface area contributed by atoms with Gasteiger partial charge in [0.05, 0.1) is 21.6 Å². The maximum Gasteiger partial charge on any atom is 0.188 e. The van der Waals surface area contributed by atoms with Crippen molar-refractivity contribution in [3.8, 4) is 0 Å². The number of nitrogens with zero attached hydrogens (tertiary/aromatic N) is 3. The van der Waals surface area contributed by atoms with Crippen LogP contribution in [0.4, 0.5) is 10.8 Å². The highest BCUT2D eigenvalue weighted by Gasteiger charge is 2.09. The van der Waals surface area contributed by atoms with E-state index in [2.05, 4.69) is 44.3 Å². The summed E-state index contributed by atoms with van der Waals surface area (Å²) in [5, 5.41) is 8.68. The fourth-order valence-corrected chi connectivity index (χ4v) is 3.18. The number of aryl methyl sites for hydroxylation is 2. The molecule has 6 heteroatoms. The lowest BCUT2D eigenvalue weighted by Gasteiger charge is -1.99. The van der Waals surface area contributed by atoms with Gasteiger partial charge in [0.25, 0.3) is 0 Å². The molecule has 0 saturated heterocycles. The van der Waals surface area contributed by atoms with E-state index in [4.69, 9.17) is 0 Å². The van der Waals surface area contributed by atoms with E-state index in [1.54, 1.807) is 11.3 Å². The van der Waals surface area contributed by atoms with Crippen LogP contribution in [0.25, 0.3) is 10.2 Å². The van der Waals surface area contributed by atoms with Crippen LogP contribution in [-0.4, -0.2) is 14.8 Å². The largest absolute Gasteiger partial charge is 0.329 e. The number of benzene rings is 1. The van der Waals surface area contributed by atoms with Crippen molar-refractivity contribution < 1.29 is 0 Å². The third-order valence-corrected chi connectivity index (χ3v) is 4.28. The van der Waals surface area contributed by atoms with Crippen molar-refractivity contribution in [2.45, 2.75) is 13.3 Å². The Balaban J connectivity index is 1.96. The van der Waals surface area contributed by atoms with Crippen molar-refractivity contribution in [2.75, 3.05) is 5.32 Å². The summed E-state index contributed by atoms with van der Waals surface area (Å²) in [7, 11) is 1.93. The zero-order chi connectivity index (χ0) is 13.4. The van der Waals surface area contributed by atoms with E-state index in [0.717, 1.165) is 32.9 Å². The lowest BCUT2D eigenvalue weighted by Crippen LogP contribution is -1.92. The van der Waals surface area contributed by atoms with Crippen LogP contribution >= 0.6 is 27.3 Å². The molecule has 1 aromatic carbocycles. The van der Waals surface area contributed by atoms with Gasteiger partial charge in [0, 0.05) is 17.7 Å². The number of halogens is 1. The molecule has 2 heterocycles. The fourth-order valence-electron chi connectivity index (χ4n) is 1.97. The molecule has 0 radical (unpaired) electrons. The third-order valence-electron chi connectivity index (χ3n) is 2.83. The summed E-state index contributed by atoms with van der Waals surface area (Å²) in [5.41, 5.74) is 3.09. The van der Waals surface area contributed by atoms with Gasteiger partial charge in [-0.1, -0.05) is 34.2 Å². The average molecular weight is 337 g/mol. The number of hydrogen-bond donors (Lipinski definition) is 1. The number of thiazole rings is 1. The Morgan fingerprint density at radius 3 is 3.05 bits per heavy atom. The lowest BCUT2D eigenvalue weighted by molar-refractivity contribution is 0.746. The van der Waals surface area contributed by atoms with Crippen LogP contribution < -0.4 is 5.32 Å². The van der Waals surface area contributed by atoms with Crippen LogP contribution in [0.3, 0.4) is 0 Å². The van der Waals surface area contributed by atoms with Gasteiger partial charge >= 0.3 is 0 Å². The summed E-state index contributed by atoms with van der Waals surface area (Å²) in [6.07, 6.45) is 2.89. The zero-order valence-corrected chi connectivity index (χ0v) is 13.0. The van der Waals surface area contributed by atoms with Crippen molar-refractivity contribution in [3.63, 3.8) is 0 Å². The van der Waals surface area contributed by atoms with Gasteiger partial charge in [0.1, 0.15) is 0 Å². The highest BCUT2D eigenvalue weighted by Crippen LogP contribution is 2.30. The number of aromatic nitrogens is 3. The van der Waals surface area contributed by atoms with Crippen LogP contribution in [0.5, 0.6) is 0 Å². The Morgan fingerprint density at radius 2 is 2.26 bits per heavy atom. The van der Waals surface area contributed by atoms with E-state index in [9.17, 15) is 0 Å². The minimum Gasteiger partial charge on any atom is -0.329 e. The number of anilines is 2. The Morgan fingerprint density at radius 1 is 1.42 bits per heavy atom. The Kier molecular flexibility index (Phi) is 3.28. The van der Waals surface area contributed by atoms with E-state index < -0.39 is 0 Å². The van der Waals surface area contributed by atoms with Crippen molar-refractivity contribution in [3.05, 3.63) is 34.6 Å². The fraction of sp³-hybridized carbons (Fsp3) is 0.231. The van der Waals surface area contributed by atoms with Crippen LogP contribution in [0, 0.1) is 0 Å². The summed E-state index contributed by atoms with van der Waals surface area (Å²) in [6.45, 7) is 2.10. The van der Waals surface area contributed by atoms with Gasteiger partial charge in [-0.2, -0.15) is 5.10 Å². The van der Waals surface area contributed by atoms with E-state index in [1.807, 2.05) is 30.1 Å². The molecule has 0 atom stereocenters. The lowest BCUT2D eigenvalue weighted by atomic mass is 10.3. The van der Waals surface area contributed by atoms with Gasteiger partial charge in [-0.25, -0.2) is 4.98 Å². The predicted molar refractivity (Wildman–Crippen MR) is 83.2 cm³/mol. The van der Waals surface area contributed by atoms with Gasteiger partial charge in [-0.05, 0) is 24.6 Å². The van der Waals surface area contributed by atoms with Crippen LogP contribution in [-0.2, 0) is 13.5 Å². The average Bonchev–Trinajstić information content (AvgIpc) is 2.92. The smallest absolute Gasteiger partial charge is 0.188 e. The molecule has 19 heavy (non-hydrogen) atoms. The molecule has 0 saturated carbocycles. The van der Waals surface area contributed by atoms with Crippen LogP contribution in [0.1, 0.15) is 12.6 Å². The summed E-state index contributed by atoms with van der Waals surface area (Å²) < 4.78 is 4.05. The molecule has 0 aliphatic heterocycles. The minimum absolute atomic E-state index is 0.899. The normalized spacial score (nSPS) is 11.1. The van der Waals surface area contributed by atoms with Crippen LogP contribution in [0.15, 0.2) is 28.9 Å². The molecule has 0 unspecified atom stereocenters. The van der Waals surface area contributed by atoms with Gasteiger partial charge in [-0.15, -0.1) is 0 Å². The molecule has 0 spiro atoms. The van der Waals surface area contributed by atoms with Crippen molar-refractivity contribution >= 4 is 48.3 Å². The maximum atomic E-state index is 4.59. The Hall–Kier alpha value is -1.40. The molecule has 4 nitrogen and oxygen atoms in total. The van der Waals surface area contributed by atoms with E-state index in [0.29, 0.717) is 0 Å². The SMILES string of the molecule is CCc1nn(C)cc1Nc1nc2cc(Br)ccc2s1. The number of fused-ring (bicyclic) bond motifs is 1. The highest BCUT2D eigenvalue weighted by atomic mass is 79.9. The first kappa shape index (κ1) is 12.6. The summed E-state index contributed by atoms with van der Waals surface area (Å²) in [4.78, 5) is 4.59. The number of rotatable bonds is 3. The first-order valence-electron chi connectivity index (χ1n) is 6.01. The molecule has 0 aliphatic rings. The van der Waals surface area contributed by atoms with E-state index in [-0.39, 0.29) is 0 Å². The third kappa shape index (κ3) is 2.50. The molecule has 0 bridgehead atoms. The number of nitrogens with one attached hydrogen (secondary N) is 1. The Bertz CT molecular complexity index is 731. The molecule has 0 amide bonds. The molecule has 0 aliphatic carbocycles. The second-order valence-corrected chi connectivity index (χ2v) is 6.22. The van der Waals surface area contributed by atoms with Gasteiger partial charge in [0.15, 0.2) is 5.13 Å². The van der Waals surface area contributed by atoms with E-state index >= 15 is 0 Å². The molecule has 98 valence electrons. The van der Waals surface area contributed by atoms with Crippen LogP contribution in [0.2, 0.25) is 0 Å². The second kappa shape index (κ2) is 4.94. The zero-order valence-electron chi connectivity index (χ0n) is 10.6. The van der Waals surface area contributed by atoms with Crippen molar-refractivity contribution in [2.24, 2.45) is 7.05 Å². The molecular formula is C13H13BrN4S. The second-order valence-electron chi connectivity index (χ2n) is 4.27. The first-order valence-corrected chi connectivity index (χ1v) is 7.62. The number of hydrogen-bond acceptors (Lipinski definition) is 4. The van der Waals surface area contributed by atoms with Crippen molar-refractivity contribution in [1.29, 1.82) is 0 Å². The summed E-state index contributed by atoms with van der Waals surface area (Å²) >= 11 is 5.11. The topological polar surface area (TPSA) is 42.7 Å². The molecule has 3 rings (SSSR count). The molecule has 3 aromatic rings. The molecular weight excluding hydrogens is 324 g/mol. The minimum atomic E-state index is 0.899. The van der Waals surface area contributed by atoms with Crippen molar-refractivity contribution in [1.82, 2.24) is 14.8 Å². The van der Waals surface area contributed by atoms with Gasteiger partial charge in [-0.3, -0.25) is 4.68 Å². The quantitative estimate of drug-likeness (QED) is 0.782. The maximum absolute atomic E-state index is 4.59. The monoisotopic (exact) mass is 336 g/mol. The van der Waals surface area contributed by atoms with E-state index in [1.165, 1.54) is 4.70 Å². The summed E-state index contributed by atoms with van der Waals surface area (Å²) in [5.74, 6) is 0. The molecule has 0 fully saturated rings. The van der Waals surface area contributed by atoms with Gasteiger partial charge in [0.2, 0.25) is 0 Å². The molecule has 1 N–H and O–H groups in total.